The SMILES string of the molecule is CC(=O)c1ccc2c(c1)OC=CO2. The molecule has 0 aliphatic carbocycles. The molecule has 0 radical (unpaired) electrons. The molecule has 0 unspecified atom stereocenters. The van der Waals surface area contributed by atoms with Crippen LogP contribution >= 0.6 is 0 Å². The van der Waals surface area contributed by atoms with E-state index in [1.807, 2.05) is 0 Å². The van der Waals surface area contributed by atoms with Crippen LogP contribution < -0.4 is 9.47 Å². The number of carbonyl (C=O) groups is 1. The van der Waals surface area contributed by atoms with Crippen LogP contribution in [0.2, 0.25) is 0 Å². The van der Waals surface area contributed by atoms with Crippen LogP contribution in [0.4, 0.5) is 0 Å². The lowest BCUT2D eigenvalue weighted by molar-refractivity contribution is 0.101. The van der Waals surface area contributed by atoms with Crippen molar-refractivity contribution in [1.82, 2.24) is 0 Å². The fourth-order valence-electron chi connectivity index (χ4n) is 1.12. The molecule has 0 saturated carbocycles. The molecule has 3 heteroatoms. The topological polar surface area (TPSA) is 35.5 Å². The molecular formula is C10H8O3. The Hall–Kier alpha value is -1.77. The first-order valence-corrected chi connectivity index (χ1v) is 3.91. The Labute approximate surface area is 75.6 Å². The molecule has 0 saturated heterocycles. The molecule has 3 nitrogen and oxygen atoms in total. The maximum absolute atomic E-state index is 11.0. The zero-order chi connectivity index (χ0) is 9.26. The van der Waals surface area contributed by atoms with Crippen LogP contribution in [-0.2, 0) is 0 Å². The summed E-state index contributed by atoms with van der Waals surface area (Å²) < 4.78 is 10.3. The van der Waals surface area contributed by atoms with Crippen LogP contribution in [0, 0.1) is 0 Å². The predicted octanol–water partition coefficient (Wildman–Crippen LogP) is 2.13. The highest BCUT2D eigenvalue weighted by atomic mass is 16.5. The molecule has 0 fully saturated rings. The van der Waals surface area contributed by atoms with Gasteiger partial charge in [0.25, 0.3) is 0 Å². The van der Waals surface area contributed by atoms with E-state index in [9.17, 15) is 4.79 Å². The molecule has 1 aromatic carbocycles. The number of hydrogen-bond donors (Lipinski definition) is 0. The molecule has 1 heterocycles. The number of ketones is 1. The van der Waals surface area contributed by atoms with E-state index < -0.39 is 0 Å². The summed E-state index contributed by atoms with van der Waals surface area (Å²) in [5.41, 5.74) is 0.623. The molecule has 0 N–H and O–H groups in total. The van der Waals surface area contributed by atoms with Gasteiger partial charge in [0, 0.05) is 5.56 Å². The summed E-state index contributed by atoms with van der Waals surface area (Å²) in [5.74, 6) is 1.23. The van der Waals surface area contributed by atoms with Gasteiger partial charge in [-0.15, -0.1) is 0 Å². The average Bonchev–Trinajstić information content (AvgIpc) is 2.17. The van der Waals surface area contributed by atoms with Crippen molar-refractivity contribution in [3.8, 4) is 11.5 Å². The Morgan fingerprint density at radius 3 is 2.54 bits per heavy atom. The molecule has 1 aliphatic rings. The summed E-state index contributed by atoms with van der Waals surface area (Å²) in [6.45, 7) is 1.52. The Morgan fingerprint density at radius 1 is 1.15 bits per heavy atom. The Kier molecular flexibility index (Phi) is 1.77. The second-order valence-corrected chi connectivity index (χ2v) is 2.73. The number of rotatable bonds is 1. The molecule has 13 heavy (non-hydrogen) atoms. The minimum Gasteiger partial charge on any atom is -0.458 e. The Bertz CT molecular complexity index is 380. The molecular weight excluding hydrogens is 168 g/mol. The number of carbonyl (C=O) groups excluding carboxylic acids is 1. The van der Waals surface area contributed by atoms with Crippen molar-refractivity contribution >= 4 is 5.78 Å². The maximum Gasteiger partial charge on any atom is 0.169 e. The highest BCUT2D eigenvalue weighted by Gasteiger charge is 2.10. The van der Waals surface area contributed by atoms with Gasteiger partial charge in [-0.1, -0.05) is 0 Å². The number of benzene rings is 1. The zero-order valence-corrected chi connectivity index (χ0v) is 7.11. The molecule has 1 aliphatic heterocycles. The Balaban J connectivity index is 2.44. The third-order valence-electron chi connectivity index (χ3n) is 1.80. The second-order valence-electron chi connectivity index (χ2n) is 2.73. The van der Waals surface area contributed by atoms with Crippen molar-refractivity contribution in [3.05, 3.63) is 36.3 Å². The van der Waals surface area contributed by atoms with Gasteiger partial charge in [0.05, 0.1) is 0 Å². The minimum atomic E-state index is 0.0148. The average molecular weight is 176 g/mol. The van der Waals surface area contributed by atoms with Crippen molar-refractivity contribution in [2.45, 2.75) is 6.92 Å². The van der Waals surface area contributed by atoms with Crippen LogP contribution in [0.1, 0.15) is 17.3 Å². The van der Waals surface area contributed by atoms with Crippen LogP contribution in [-0.4, -0.2) is 5.78 Å². The van der Waals surface area contributed by atoms with Crippen molar-refractivity contribution in [3.63, 3.8) is 0 Å². The summed E-state index contributed by atoms with van der Waals surface area (Å²) in [6.07, 6.45) is 2.89. The number of hydrogen-bond acceptors (Lipinski definition) is 3. The summed E-state index contributed by atoms with van der Waals surface area (Å²) >= 11 is 0. The van der Waals surface area contributed by atoms with Crippen LogP contribution in [0.5, 0.6) is 11.5 Å². The van der Waals surface area contributed by atoms with E-state index in [0.29, 0.717) is 17.1 Å². The summed E-state index contributed by atoms with van der Waals surface area (Å²) in [7, 11) is 0. The van der Waals surface area contributed by atoms with Gasteiger partial charge in [-0.3, -0.25) is 4.79 Å². The molecule has 66 valence electrons. The summed E-state index contributed by atoms with van der Waals surface area (Å²) in [4.78, 5) is 11.0. The van der Waals surface area contributed by atoms with Crippen LogP contribution in [0.15, 0.2) is 30.7 Å². The lowest BCUT2D eigenvalue weighted by Gasteiger charge is -2.12. The van der Waals surface area contributed by atoms with Gasteiger partial charge in [-0.25, -0.2) is 0 Å². The van der Waals surface area contributed by atoms with E-state index in [1.165, 1.54) is 19.4 Å². The summed E-state index contributed by atoms with van der Waals surface area (Å²) in [5, 5.41) is 0. The second kappa shape index (κ2) is 2.94. The summed E-state index contributed by atoms with van der Waals surface area (Å²) in [6, 6.07) is 5.10. The van der Waals surface area contributed by atoms with Gasteiger partial charge < -0.3 is 9.47 Å². The van der Waals surface area contributed by atoms with E-state index in [2.05, 4.69) is 0 Å². The van der Waals surface area contributed by atoms with E-state index >= 15 is 0 Å². The lowest BCUT2D eigenvalue weighted by atomic mass is 10.1. The number of Topliss-reactive ketones (excluding diaryl/α,β-unsaturated/α-hetero) is 1. The normalized spacial score (nSPS) is 12.7. The third-order valence-corrected chi connectivity index (χ3v) is 1.80. The molecule has 0 aromatic heterocycles. The monoisotopic (exact) mass is 176 g/mol. The molecule has 0 bridgehead atoms. The van der Waals surface area contributed by atoms with Crippen LogP contribution in [0.3, 0.4) is 0 Å². The quantitative estimate of drug-likeness (QED) is 0.615. The fraction of sp³-hybridized carbons (Fsp3) is 0.100. The van der Waals surface area contributed by atoms with Gasteiger partial charge in [0.2, 0.25) is 0 Å². The zero-order valence-electron chi connectivity index (χ0n) is 7.11. The molecule has 1 aromatic rings. The van der Waals surface area contributed by atoms with E-state index in [4.69, 9.17) is 9.47 Å². The highest BCUT2D eigenvalue weighted by molar-refractivity contribution is 5.94. The minimum absolute atomic E-state index is 0.0148. The van der Waals surface area contributed by atoms with Gasteiger partial charge in [-0.05, 0) is 25.1 Å². The molecule has 2 rings (SSSR count). The van der Waals surface area contributed by atoms with E-state index in [0.717, 1.165) is 0 Å². The smallest absolute Gasteiger partial charge is 0.169 e. The number of ether oxygens (including phenoxy) is 2. The van der Waals surface area contributed by atoms with E-state index in [-0.39, 0.29) is 5.78 Å². The van der Waals surface area contributed by atoms with E-state index in [1.54, 1.807) is 18.2 Å². The first kappa shape index (κ1) is 7.86. The largest absolute Gasteiger partial charge is 0.458 e. The third kappa shape index (κ3) is 1.40. The van der Waals surface area contributed by atoms with Crippen molar-refractivity contribution in [2.24, 2.45) is 0 Å². The molecule has 0 amide bonds. The van der Waals surface area contributed by atoms with Gasteiger partial charge in [0.15, 0.2) is 17.3 Å². The first-order valence-electron chi connectivity index (χ1n) is 3.91. The standard InChI is InChI=1S/C10H8O3/c1-7(11)8-2-3-9-10(6-8)13-5-4-12-9/h2-6H,1H3. The number of fused-ring (bicyclic) bond motifs is 1. The highest BCUT2D eigenvalue weighted by Crippen LogP contribution is 2.31. The van der Waals surface area contributed by atoms with Crippen LogP contribution in [0.25, 0.3) is 0 Å². The Morgan fingerprint density at radius 2 is 1.85 bits per heavy atom. The molecule has 0 atom stereocenters. The van der Waals surface area contributed by atoms with Gasteiger partial charge >= 0.3 is 0 Å². The lowest BCUT2D eigenvalue weighted by Crippen LogP contribution is -1.99. The van der Waals surface area contributed by atoms with Crippen molar-refractivity contribution in [1.29, 1.82) is 0 Å². The van der Waals surface area contributed by atoms with Gasteiger partial charge in [0.1, 0.15) is 12.5 Å². The fourth-order valence-corrected chi connectivity index (χ4v) is 1.12. The maximum atomic E-state index is 11.0. The van der Waals surface area contributed by atoms with Crippen molar-refractivity contribution in [2.75, 3.05) is 0 Å². The van der Waals surface area contributed by atoms with Crippen molar-refractivity contribution < 1.29 is 14.3 Å². The predicted molar refractivity (Wildman–Crippen MR) is 46.8 cm³/mol. The first-order chi connectivity index (χ1) is 6.27. The van der Waals surface area contributed by atoms with Gasteiger partial charge in [-0.2, -0.15) is 0 Å². The molecule has 0 spiro atoms.